The monoisotopic (exact) mass is 249 g/mol. The Morgan fingerprint density at radius 1 is 1.39 bits per heavy atom. The molecule has 0 aliphatic rings. The Morgan fingerprint density at radius 3 is 2.78 bits per heavy atom. The lowest BCUT2D eigenvalue weighted by molar-refractivity contribution is -0.145. The SMILES string of the molecule is CCCC(NCc1cccc(C)c1)C(=O)OCC. The maximum atomic E-state index is 11.7. The van der Waals surface area contributed by atoms with Crippen molar-refractivity contribution in [3.63, 3.8) is 0 Å². The Kier molecular flexibility index (Phi) is 6.44. The van der Waals surface area contributed by atoms with E-state index in [1.165, 1.54) is 11.1 Å². The van der Waals surface area contributed by atoms with Crippen LogP contribution in [0.4, 0.5) is 0 Å². The maximum absolute atomic E-state index is 11.7. The van der Waals surface area contributed by atoms with Crippen LogP contribution in [0.1, 0.15) is 37.8 Å². The van der Waals surface area contributed by atoms with Gasteiger partial charge in [0.2, 0.25) is 0 Å². The van der Waals surface area contributed by atoms with Gasteiger partial charge in [0.05, 0.1) is 6.61 Å². The fraction of sp³-hybridized carbons (Fsp3) is 0.533. The van der Waals surface area contributed by atoms with Gasteiger partial charge in [-0.3, -0.25) is 4.79 Å². The van der Waals surface area contributed by atoms with E-state index < -0.39 is 0 Å². The highest BCUT2D eigenvalue weighted by Gasteiger charge is 2.17. The molecular weight excluding hydrogens is 226 g/mol. The second kappa shape index (κ2) is 7.88. The van der Waals surface area contributed by atoms with E-state index in [0.717, 1.165) is 12.8 Å². The summed E-state index contributed by atoms with van der Waals surface area (Å²) in [6.45, 7) is 7.11. The zero-order chi connectivity index (χ0) is 13.4. The normalized spacial score (nSPS) is 12.2. The van der Waals surface area contributed by atoms with Crippen molar-refractivity contribution in [1.29, 1.82) is 0 Å². The van der Waals surface area contributed by atoms with Gasteiger partial charge in [0.25, 0.3) is 0 Å². The molecule has 0 aliphatic carbocycles. The molecule has 0 saturated carbocycles. The molecule has 0 aliphatic heterocycles. The molecule has 100 valence electrons. The van der Waals surface area contributed by atoms with E-state index in [0.29, 0.717) is 13.2 Å². The molecule has 3 nitrogen and oxygen atoms in total. The lowest BCUT2D eigenvalue weighted by Crippen LogP contribution is -2.37. The number of hydrogen-bond acceptors (Lipinski definition) is 3. The van der Waals surface area contributed by atoms with Crippen LogP contribution in [0.3, 0.4) is 0 Å². The Labute approximate surface area is 110 Å². The molecule has 1 aromatic rings. The minimum absolute atomic E-state index is 0.146. The topological polar surface area (TPSA) is 38.3 Å². The first-order chi connectivity index (χ1) is 8.67. The minimum Gasteiger partial charge on any atom is -0.465 e. The Bertz CT molecular complexity index is 377. The highest BCUT2D eigenvalue weighted by molar-refractivity contribution is 5.75. The third-order valence-corrected chi connectivity index (χ3v) is 2.78. The van der Waals surface area contributed by atoms with Crippen LogP contribution in [-0.4, -0.2) is 18.6 Å². The maximum Gasteiger partial charge on any atom is 0.323 e. The van der Waals surface area contributed by atoms with Gasteiger partial charge in [-0.05, 0) is 25.8 Å². The van der Waals surface area contributed by atoms with Crippen LogP contribution in [-0.2, 0) is 16.1 Å². The molecule has 18 heavy (non-hydrogen) atoms. The van der Waals surface area contributed by atoms with E-state index in [4.69, 9.17) is 4.74 Å². The van der Waals surface area contributed by atoms with Crippen LogP contribution >= 0.6 is 0 Å². The smallest absolute Gasteiger partial charge is 0.323 e. The first kappa shape index (κ1) is 14.7. The summed E-state index contributed by atoms with van der Waals surface area (Å²) in [5.74, 6) is -0.146. The van der Waals surface area contributed by atoms with Crippen molar-refractivity contribution >= 4 is 5.97 Å². The first-order valence-corrected chi connectivity index (χ1v) is 6.63. The summed E-state index contributed by atoms with van der Waals surface area (Å²) < 4.78 is 5.07. The fourth-order valence-corrected chi connectivity index (χ4v) is 1.90. The van der Waals surface area contributed by atoms with Crippen molar-refractivity contribution in [3.05, 3.63) is 35.4 Å². The fourth-order valence-electron chi connectivity index (χ4n) is 1.90. The second-order valence-electron chi connectivity index (χ2n) is 4.46. The van der Waals surface area contributed by atoms with Gasteiger partial charge in [-0.1, -0.05) is 43.2 Å². The van der Waals surface area contributed by atoms with E-state index in [-0.39, 0.29) is 12.0 Å². The summed E-state index contributed by atoms with van der Waals surface area (Å²) in [5, 5.41) is 3.27. The predicted octanol–water partition coefficient (Wildman–Crippen LogP) is 2.82. The molecule has 3 heteroatoms. The summed E-state index contributed by atoms with van der Waals surface area (Å²) in [6.07, 6.45) is 1.77. The predicted molar refractivity (Wildman–Crippen MR) is 73.3 cm³/mol. The number of nitrogens with one attached hydrogen (secondary N) is 1. The Hall–Kier alpha value is -1.35. The summed E-state index contributed by atoms with van der Waals surface area (Å²) in [7, 11) is 0. The molecule has 0 fully saturated rings. The first-order valence-electron chi connectivity index (χ1n) is 6.63. The number of esters is 1. The summed E-state index contributed by atoms with van der Waals surface area (Å²) in [4.78, 5) is 11.7. The van der Waals surface area contributed by atoms with E-state index in [1.807, 2.05) is 13.0 Å². The average molecular weight is 249 g/mol. The number of hydrogen-bond donors (Lipinski definition) is 1. The van der Waals surface area contributed by atoms with Gasteiger partial charge in [0.1, 0.15) is 6.04 Å². The van der Waals surface area contributed by atoms with Gasteiger partial charge in [-0.2, -0.15) is 0 Å². The van der Waals surface area contributed by atoms with Crippen molar-refractivity contribution in [2.24, 2.45) is 0 Å². The van der Waals surface area contributed by atoms with Crippen LogP contribution in [0.2, 0.25) is 0 Å². The standard InChI is InChI=1S/C15H23NO2/c1-4-7-14(15(17)18-5-2)16-11-13-9-6-8-12(3)10-13/h6,8-10,14,16H,4-5,7,11H2,1-3H3. The number of rotatable bonds is 7. The minimum atomic E-state index is -0.199. The molecule has 0 heterocycles. The molecule has 0 saturated heterocycles. The Morgan fingerprint density at radius 2 is 2.17 bits per heavy atom. The van der Waals surface area contributed by atoms with Gasteiger partial charge in [-0.25, -0.2) is 0 Å². The third kappa shape index (κ3) is 4.88. The van der Waals surface area contributed by atoms with Gasteiger partial charge < -0.3 is 10.1 Å². The van der Waals surface area contributed by atoms with E-state index in [2.05, 4.69) is 37.4 Å². The number of ether oxygens (including phenoxy) is 1. The Balaban J connectivity index is 2.53. The van der Waals surface area contributed by atoms with Gasteiger partial charge in [-0.15, -0.1) is 0 Å². The van der Waals surface area contributed by atoms with Crippen molar-refractivity contribution in [3.8, 4) is 0 Å². The van der Waals surface area contributed by atoms with Crippen LogP contribution in [0.15, 0.2) is 24.3 Å². The van der Waals surface area contributed by atoms with E-state index in [1.54, 1.807) is 0 Å². The molecule has 0 amide bonds. The highest BCUT2D eigenvalue weighted by Crippen LogP contribution is 2.06. The summed E-state index contributed by atoms with van der Waals surface area (Å²) in [5.41, 5.74) is 2.43. The summed E-state index contributed by atoms with van der Waals surface area (Å²) in [6, 6.07) is 8.09. The summed E-state index contributed by atoms with van der Waals surface area (Å²) >= 11 is 0. The van der Waals surface area contributed by atoms with Crippen LogP contribution < -0.4 is 5.32 Å². The molecule has 0 bridgehead atoms. The lowest BCUT2D eigenvalue weighted by atomic mass is 10.1. The van der Waals surface area contributed by atoms with E-state index in [9.17, 15) is 4.79 Å². The molecule has 1 atom stereocenters. The zero-order valence-corrected chi connectivity index (χ0v) is 11.5. The molecule has 1 N–H and O–H groups in total. The number of carbonyl (C=O) groups is 1. The number of carbonyl (C=O) groups excluding carboxylic acids is 1. The van der Waals surface area contributed by atoms with Gasteiger partial charge >= 0.3 is 5.97 Å². The van der Waals surface area contributed by atoms with Crippen LogP contribution in [0.5, 0.6) is 0 Å². The molecule has 0 radical (unpaired) electrons. The second-order valence-corrected chi connectivity index (χ2v) is 4.46. The number of benzene rings is 1. The molecule has 1 unspecified atom stereocenters. The zero-order valence-electron chi connectivity index (χ0n) is 11.5. The highest BCUT2D eigenvalue weighted by atomic mass is 16.5. The molecule has 1 aromatic carbocycles. The lowest BCUT2D eigenvalue weighted by Gasteiger charge is -2.16. The third-order valence-electron chi connectivity index (χ3n) is 2.78. The van der Waals surface area contributed by atoms with Crippen molar-refractivity contribution in [2.45, 2.75) is 46.2 Å². The average Bonchev–Trinajstić information content (AvgIpc) is 2.35. The van der Waals surface area contributed by atoms with Crippen molar-refractivity contribution in [2.75, 3.05) is 6.61 Å². The van der Waals surface area contributed by atoms with Crippen molar-refractivity contribution in [1.82, 2.24) is 5.32 Å². The molecule has 0 spiro atoms. The number of aryl methyl sites for hydroxylation is 1. The quantitative estimate of drug-likeness (QED) is 0.755. The van der Waals surface area contributed by atoms with E-state index >= 15 is 0 Å². The molecular formula is C15H23NO2. The van der Waals surface area contributed by atoms with Crippen molar-refractivity contribution < 1.29 is 9.53 Å². The molecule has 0 aromatic heterocycles. The van der Waals surface area contributed by atoms with Gasteiger partial charge in [0.15, 0.2) is 0 Å². The largest absolute Gasteiger partial charge is 0.465 e. The van der Waals surface area contributed by atoms with Gasteiger partial charge in [0, 0.05) is 6.54 Å². The van der Waals surface area contributed by atoms with Crippen LogP contribution in [0, 0.1) is 6.92 Å². The molecule has 1 rings (SSSR count). The van der Waals surface area contributed by atoms with Crippen LogP contribution in [0.25, 0.3) is 0 Å².